The van der Waals surface area contributed by atoms with Gasteiger partial charge in [-0.05, 0) is 37.6 Å². The van der Waals surface area contributed by atoms with Crippen LogP contribution in [0.1, 0.15) is 31.1 Å². The summed E-state index contributed by atoms with van der Waals surface area (Å²) in [4.78, 5) is 26.8. The minimum atomic E-state index is -0.317. The Hall–Kier alpha value is -1.20. The molecule has 1 N–H and O–H groups in total. The summed E-state index contributed by atoms with van der Waals surface area (Å²) in [6, 6.07) is 4.22. The summed E-state index contributed by atoms with van der Waals surface area (Å²) in [6.45, 7) is 2.07. The van der Waals surface area contributed by atoms with Gasteiger partial charge in [-0.2, -0.15) is 0 Å². The van der Waals surface area contributed by atoms with E-state index in [9.17, 15) is 9.59 Å². The predicted molar refractivity (Wildman–Crippen MR) is 73.9 cm³/mol. The lowest BCUT2D eigenvalue weighted by atomic mass is 10.1. The van der Waals surface area contributed by atoms with Gasteiger partial charge in [-0.3, -0.25) is 14.5 Å². The summed E-state index contributed by atoms with van der Waals surface area (Å²) in [5.74, 6) is -0.0288. The maximum atomic E-state index is 12.2. The van der Waals surface area contributed by atoms with E-state index >= 15 is 0 Å². The molecule has 19 heavy (non-hydrogen) atoms. The number of hydrogen-bond acceptors (Lipinski definition) is 4. The summed E-state index contributed by atoms with van der Waals surface area (Å²) in [5.41, 5.74) is 0. The number of hydrogen-bond donors (Lipinski definition) is 1. The number of carbonyl (C=O) groups is 2. The van der Waals surface area contributed by atoms with E-state index in [0.29, 0.717) is 6.42 Å². The number of carbonyl (C=O) groups excluding carboxylic acids is 2. The largest absolute Gasteiger partial charge is 0.303 e. The summed E-state index contributed by atoms with van der Waals surface area (Å²) in [5, 5.41) is 5.36. The molecule has 0 spiro atoms. The molecule has 102 valence electrons. The highest BCUT2D eigenvalue weighted by Crippen LogP contribution is 2.31. The van der Waals surface area contributed by atoms with E-state index in [1.807, 2.05) is 6.07 Å². The van der Waals surface area contributed by atoms with Crippen LogP contribution in [0, 0.1) is 0 Å². The van der Waals surface area contributed by atoms with Crippen LogP contribution in [0.4, 0.5) is 0 Å². The first-order valence-electron chi connectivity index (χ1n) is 6.79. The number of amides is 2. The Kier molecular flexibility index (Phi) is 3.41. The predicted octanol–water partition coefficient (Wildman–Crippen LogP) is 1.56. The van der Waals surface area contributed by atoms with E-state index in [0.717, 1.165) is 19.3 Å². The van der Waals surface area contributed by atoms with E-state index < -0.39 is 0 Å². The third-order valence-corrected chi connectivity index (χ3v) is 4.57. The van der Waals surface area contributed by atoms with Crippen molar-refractivity contribution in [3.8, 4) is 0 Å². The zero-order valence-corrected chi connectivity index (χ0v) is 11.8. The zero-order chi connectivity index (χ0) is 13.4. The highest BCUT2D eigenvalue weighted by molar-refractivity contribution is 7.09. The highest BCUT2D eigenvalue weighted by Gasteiger charge is 2.46. The van der Waals surface area contributed by atoms with Crippen molar-refractivity contribution < 1.29 is 9.59 Å². The molecule has 1 saturated heterocycles. The first kappa shape index (κ1) is 12.8. The molecule has 1 aliphatic heterocycles. The Balaban J connectivity index is 1.58. The van der Waals surface area contributed by atoms with Gasteiger partial charge >= 0.3 is 0 Å². The van der Waals surface area contributed by atoms with Gasteiger partial charge in [-0.1, -0.05) is 6.07 Å². The molecular weight excluding hydrogens is 260 g/mol. The molecule has 3 rings (SSSR count). The van der Waals surface area contributed by atoms with Crippen LogP contribution in [0.15, 0.2) is 17.5 Å². The maximum Gasteiger partial charge on any atom is 0.247 e. The summed E-state index contributed by atoms with van der Waals surface area (Å²) < 4.78 is 0. The van der Waals surface area contributed by atoms with Crippen molar-refractivity contribution in [1.82, 2.24) is 10.2 Å². The fraction of sp³-hybridized carbons (Fsp3) is 0.571. The molecule has 0 aromatic carbocycles. The van der Waals surface area contributed by atoms with Crippen LogP contribution in [-0.2, 0) is 16.0 Å². The Morgan fingerprint density at radius 3 is 2.89 bits per heavy atom. The van der Waals surface area contributed by atoms with Crippen molar-refractivity contribution in [2.24, 2.45) is 0 Å². The Labute approximate surface area is 116 Å². The van der Waals surface area contributed by atoms with Crippen LogP contribution in [0.5, 0.6) is 0 Å². The lowest BCUT2D eigenvalue weighted by molar-refractivity contribution is -0.139. The van der Waals surface area contributed by atoms with Crippen molar-refractivity contribution in [1.29, 1.82) is 0 Å². The second kappa shape index (κ2) is 5.06. The molecule has 2 amide bonds. The van der Waals surface area contributed by atoms with Gasteiger partial charge in [-0.25, -0.2) is 0 Å². The molecule has 2 heterocycles. The van der Waals surface area contributed by atoms with E-state index in [1.54, 1.807) is 11.3 Å². The van der Waals surface area contributed by atoms with Gasteiger partial charge in [0.05, 0.1) is 12.5 Å². The molecule has 0 bridgehead atoms. The van der Waals surface area contributed by atoms with Crippen molar-refractivity contribution in [3.63, 3.8) is 0 Å². The van der Waals surface area contributed by atoms with E-state index in [4.69, 9.17) is 0 Å². The van der Waals surface area contributed by atoms with Gasteiger partial charge in [0.1, 0.15) is 0 Å². The topological polar surface area (TPSA) is 49.4 Å². The minimum Gasteiger partial charge on any atom is -0.303 e. The van der Waals surface area contributed by atoms with Crippen LogP contribution in [0.3, 0.4) is 0 Å². The minimum absolute atomic E-state index is 0.00618. The SMILES string of the molecule is CC(Cc1cccs1)NC1CC(=O)N(C2CC2)C1=O. The highest BCUT2D eigenvalue weighted by atomic mass is 32.1. The van der Waals surface area contributed by atoms with Crippen molar-refractivity contribution in [2.75, 3.05) is 0 Å². The number of nitrogens with one attached hydrogen (secondary N) is 1. The third-order valence-electron chi connectivity index (χ3n) is 3.67. The van der Waals surface area contributed by atoms with Gasteiger partial charge in [0.2, 0.25) is 11.8 Å². The normalized spacial score (nSPS) is 25.1. The molecule has 1 aliphatic carbocycles. The fourth-order valence-electron chi connectivity index (χ4n) is 2.63. The Bertz CT molecular complexity index is 482. The third kappa shape index (κ3) is 2.72. The number of imide groups is 1. The number of likely N-dealkylation sites (tertiary alicyclic amines) is 1. The standard InChI is InChI=1S/C14H18N2O2S/c1-9(7-11-3-2-6-19-11)15-12-8-13(17)16(14(12)18)10-4-5-10/h2-3,6,9-10,12,15H,4-5,7-8H2,1H3. The first-order chi connectivity index (χ1) is 9.15. The number of rotatable bonds is 5. The van der Waals surface area contributed by atoms with Gasteiger partial charge in [0.15, 0.2) is 0 Å². The second-order valence-electron chi connectivity index (χ2n) is 5.44. The van der Waals surface area contributed by atoms with Crippen LogP contribution in [0.2, 0.25) is 0 Å². The maximum absolute atomic E-state index is 12.2. The number of thiophene rings is 1. The Morgan fingerprint density at radius 1 is 1.47 bits per heavy atom. The molecule has 0 radical (unpaired) electrons. The molecule has 2 unspecified atom stereocenters. The molecule has 1 saturated carbocycles. The van der Waals surface area contributed by atoms with Gasteiger partial charge in [-0.15, -0.1) is 11.3 Å². The lowest BCUT2D eigenvalue weighted by Crippen LogP contribution is -2.43. The molecule has 2 atom stereocenters. The van der Waals surface area contributed by atoms with Crippen molar-refractivity contribution in [2.45, 2.75) is 50.7 Å². The summed E-state index contributed by atoms with van der Waals surface area (Å²) >= 11 is 1.72. The average Bonchev–Trinajstić information content (AvgIpc) is 2.98. The van der Waals surface area contributed by atoms with Gasteiger partial charge < -0.3 is 5.32 Å². The first-order valence-corrected chi connectivity index (χ1v) is 7.67. The lowest BCUT2D eigenvalue weighted by Gasteiger charge is -2.18. The molecule has 2 fully saturated rings. The summed E-state index contributed by atoms with van der Waals surface area (Å²) in [7, 11) is 0. The fourth-order valence-corrected chi connectivity index (χ4v) is 3.47. The second-order valence-corrected chi connectivity index (χ2v) is 6.47. The van der Waals surface area contributed by atoms with E-state index in [2.05, 4.69) is 23.7 Å². The average molecular weight is 278 g/mol. The van der Waals surface area contributed by atoms with Crippen LogP contribution in [0.25, 0.3) is 0 Å². The molecule has 1 aromatic rings. The summed E-state index contributed by atoms with van der Waals surface area (Å²) in [6.07, 6.45) is 3.19. The number of nitrogens with zero attached hydrogens (tertiary/aromatic N) is 1. The molecule has 4 nitrogen and oxygen atoms in total. The van der Waals surface area contributed by atoms with Crippen LogP contribution >= 0.6 is 11.3 Å². The molecule has 2 aliphatic rings. The van der Waals surface area contributed by atoms with Gasteiger partial charge in [0.25, 0.3) is 0 Å². The van der Waals surface area contributed by atoms with Gasteiger partial charge in [0, 0.05) is 17.0 Å². The van der Waals surface area contributed by atoms with Crippen molar-refractivity contribution >= 4 is 23.2 Å². The Morgan fingerprint density at radius 2 is 2.26 bits per heavy atom. The van der Waals surface area contributed by atoms with Crippen LogP contribution < -0.4 is 5.32 Å². The molecule has 1 aromatic heterocycles. The van der Waals surface area contributed by atoms with Crippen molar-refractivity contribution in [3.05, 3.63) is 22.4 Å². The zero-order valence-electron chi connectivity index (χ0n) is 11.0. The smallest absolute Gasteiger partial charge is 0.247 e. The monoisotopic (exact) mass is 278 g/mol. The van der Waals surface area contributed by atoms with E-state index in [1.165, 1.54) is 9.78 Å². The molecular formula is C14H18N2O2S. The van der Waals surface area contributed by atoms with E-state index in [-0.39, 0.29) is 29.9 Å². The van der Waals surface area contributed by atoms with Crippen LogP contribution in [-0.4, -0.2) is 34.8 Å². The molecule has 5 heteroatoms. The quantitative estimate of drug-likeness (QED) is 0.832.